The number of rotatable bonds is 4. The van der Waals surface area contributed by atoms with Gasteiger partial charge in [-0.25, -0.2) is 4.98 Å². The fourth-order valence-corrected chi connectivity index (χ4v) is 5.45. The van der Waals surface area contributed by atoms with Crippen molar-refractivity contribution in [1.82, 2.24) is 10.3 Å². The van der Waals surface area contributed by atoms with Gasteiger partial charge in [-0.3, -0.25) is 10.1 Å². The Morgan fingerprint density at radius 1 is 1.09 bits per heavy atom. The van der Waals surface area contributed by atoms with E-state index >= 15 is 0 Å². The molecule has 9 heteroatoms. The van der Waals surface area contributed by atoms with Crippen LogP contribution in [0.3, 0.4) is 0 Å². The van der Waals surface area contributed by atoms with Crippen molar-refractivity contribution >= 4 is 84.6 Å². The van der Waals surface area contributed by atoms with Crippen LogP contribution in [0, 0.1) is 6.92 Å². The summed E-state index contributed by atoms with van der Waals surface area (Å²) in [4.78, 5) is 17.7. The Morgan fingerprint density at radius 3 is 2.68 bits per heavy atom. The van der Waals surface area contributed by atoms with Crippen LogP contribution in [0.2, 0.25) is 10.0 Å². The lowest BCUT2D eigenvalue weighted by Crippen LogP contribution is -2.33. The Bertz CT molecular complexity index is 1560. The van der Waals surface area contributed by atoms with Gasteiger partial charge < -0.3 is 9.73 Å². The lowest BCUT2D eigenvalue weighted by molar-refractivity contribution is 0.0982. The molecule has 1 amide bonds. The highest BCUT2D eigenvalue weighted by atomic mass is 35.5. The van der Waals surface area contributed by atoms with Gasteiger partial charge >= 0.3 is 0 Å². The lowest BCUT2D eigenvalue weighted by Gasteiger charge is -2.09. The first kappa shape index (κ1) is 22.8. The van der Waals surface area contributed by atoms with E-state index in [4.69, 9.17) is 39.8 Å². The Hall–Kier alpha value is -2.97. The van der Waals surface area contributed by atoms with Gasteiger partial charge in [0.15, 0.2) is 16.6 Å². The van der Waals surface area contributed by atoms with E-state index in [0.717, 1.165) is 38.0 Å². The quantitative estimate of drug-likeness (QED) is 0.239. The van der Waals surface area contributed by atoms with Crippen LogP contribution in [-0.2, 0) is 6.42 Å². The van der Waals surface area contributed by atoms with E-state index in [1.165, 1.54) is 11.3 Å². The van der Waals surface area contributed by atoms with Gasteiger partial charge in [0, 0.05) is 27.2 Å². The zero-order valence-corrected chi connectivity index (χ0v) is 21.0. The SMILES string of the molecule is Cc1ccc2oc(Cc3ccc(NC(=S)NC(=O)c4sc5cc(Cl)ccc5c4Cl)cc3)nc2c1. The molecule has 0 saturated carbocycles. The minimum atomic E-state index is -0.373. The molecule has 0 spiro atoms. The molecule has 0 aliphatic rings. The average molecular weight is 526 g/mol. The number of benzene rings is 3. The predicted molar refractivity (Wildman–Crippen MR) is 144 cm³/mol. The summed E-state index contributed by atoms with van der Waals surface area (Å²) >= 11 is 19.0. The summed E-state index contributed by atoms with van der Waals surface area (Å²) in [5.41, 5.74) is 4.57. The number of carbonyl (C=O) groups excluding carboxylic acids is 1. The molecule has 3 aromatic carbocycles. The van der Waals surface area contributed by atoms with Crippen LogP contribution < -0.4 is 10.6 Å². The van der Waals surface area contributed by atoms with Crippen molar-refractivity contribution in [2.75, 3.05) is 5.32 Å². The van der Waals surface area contributed by atoms with Crippen LogP contribution in [0.25, 0.3) is 21.2 Å². The smallest absolute Gasteiger partial charge is 0.269 e. The third kappa shape index (κ3) is 4.79. The van der Waals surface area contributed by atoms with Crippen molar-refractivity contribution in [1.29, 1.82) is 0 Å². The molecule has 2 aromatic heterocycles. The Morgan fingerprint density at radius 2 is 1.88 bits per heavy atom. The van der Waals surface area contributed by atoms with Crippen molar-refractivity contribution in [3.05, 3.63) is 92.6 Å². The third-order valence-corrected chi connectivity index (χ3v) is 7.27. The number of anilines is 1. The Kier molecular flexibility index (Phi) is 6.27. The number of amides is 1. The number of carbonyl (C=O) groups is 1. The Labute approximate surface area is 214 Å². The van der Waals surface area contributed by atoms with Gasteiger partial charge in [-0.1, -0.05) is 47.5 Å². The number of oxazole rings is 1. The normalized spacial score (nSPS) is 11.1. The maximum atomic E-state index is 12.7. The molecular weight excluding hydrogens is 509 g/mol. The molecule has 0 atom stereocenters. The molecule has 2 heterocycles. The molecule has 5 nitrogen and oxygen atoms in total. The average Bonchev–Trinajstić information content (AvgIpc) is 3.34. The zero-order chi connectivity index (χ0) is 23.8. The van der Waals surface area contributed by atoms with Gasteiger partial charge in [0.05, 0.1) is 5.02 Å². The van der Waals surface area contributed by atoms with Crippen molar-refractivity contribution in [3.8, 4) is 0 Å². The molecule has 0 fully saturated rings. The van der Waals surface area contributed by atoms with Gasteiger partial charge in [-0.05, 0) is 66.7 Å². The fraction of sp³-hybridized carbons (Fsp3) is 0.0800. The zero-order valence-electron chi connectivity index (χ0n) is 17.8. The second kappa shape index (κ2) is 9.35. The summed E-state index contributed by atoms with van der Waals surface area (Å²) in [7, 11) is 0. The molecule has 0 radical (unpaired) electrons. The summed E-state index contributed by atoms with van der Waals surface area (Å²) in [6.45, 7) is 2.03. The molecule has 2 N–H and O–H groups in total. The standard InChI is InChI=1S/C25H17Cl2N3O2S2/c1-13-2-9-19-18(10-13)29-21(32-19)11-14-3-6-16(7-4-14)28-25(33)30-24(31)23-22(27)17-8-5-15(26)12-20(17)34-23/h2-10,12H,11H2,1H3,(H2,28,30,31,33). The van der Waals surface area contributed by atoms with E-state index in [0.29, 0.717) is 27.2 Å². The molecule has 34 heavy (non-hydrogen) atoms. The van der Waals surface area contributed by atoms with Gasteiger partial charge in [-0.2, -0.15) is 0 Å². The van der Waals surface area contributed by atoms with E-state index in [1.54, 1.807) is 18.2 Å². The minimum absolute atomic E-state index is 0.179. The third-order valence-electron chi connectivity index (χ3n) is 5.18. The summed E-state index contributed by atoms with van der Waals surface area (Å²) in [6.07, 6.45) is 0.573. The predicted octanol–water partition coefficient (Wildman–Crippen LogP) is 7.38. The molecule has 5 rings (SSSR count). The van der Waals surface area contributed by atoms with E-state index in [2.05, 4.69) is 15.6 Å². The highest BCUT2D eigenvalue weighted by Gasteiger charge is 2.18. The molecular formula is C25H17Cl2N3O2S2. The van der Waals surface area contributed by atoms with E-state index < -0.39 is 0 Å². The molecule has 0 saturated heterocycles. The van der Waals surface area contributed by atoms with E-state index in [-0.39, 0.29) is 11.0 Å². The van der Waals surface area contributed by atoms with E-state index in [9.17, 15) is 4.79 Å². The molecule has 5 aromatic rings. The first-order chi connectivity index (χ1) is 16.4. The fourth-order valence-electron chi connectivity index (χ4n) is 3.55. The summed E-state index contributed by atoms with van der Waals surface area (Å²) in [5, 5.41) is 7.64. The van der Waals surface area contributed by atoms with Gasteiger partial charge in [0.25, 0.3) is 5.91 Å². The van der Waals surface area contributed by atoms with Crippen molar-refractivity contribution < 1.29 is 9.21 Å². The maximum absolute atomic E-state index is 12.7. The number of hydrogen-bond acceptors (Lipinski definition) is 5. The van der Waals surface area contributed by atoms with Crippen LogP contribution in [0.4, 0.5) is 5.69 Å². The van der Waals surface area contributed by atoms with Gasteiger partial charge in [-0.15, -0.1) is 11.3 Å². The number of nitrogens with zero attached hydrogens (tertiary/aromatic N) is 1. The second-order valence-corrected chi connectivity index (χ2v) is 10.0. The van der Waals surface area contributed by atoms with Crippen molar-refractivity contribution in [2.45, 2.75) is 13.3 Å². The lowest BCUT2D eigenvalue weighted by atomic mass is 10.1. The van der Waals surface area contributed by atoms with Crippen LogP contribution in [0.1, 0.15) is 26.7 Å². The summed E-state index contributed by atoms with van der Waals surface area (Å²) < 4.78 is 6.67. The monoisotopic (exact) mass is 525 g/mol. The summed E-state index contributed by atoms with van der Waals surface area (Å²) in [6, 6.07) is 19.0. The highest BCUT2D eigenvalue weighted by molar-refractivity contribution is 7.80. The minimum Gasteiger partial charge on any atom is -0.440 e. The number of aromatic nitrogens is 1. The van der Waals surface area contributed by atoms with Crippen molar-refractivity contribution in [3.63, 3.8) is 0 Å². The second-order valence-electron chi connectivity index (χ2n) is 7.75. The summed E-state index contributed by atoms with van der Waals surface area (Å²) in [5.74, 6) is 0.285. The highest BCUT2D eigenvalue weighted by Crippen LogP contribution is 2.36. The number of aryl methyl sites for hydroxylation is 1. The molecule has 0 bridgehead atoms. The molecule has 170 valence electrons. The van der Waals surface area contributed by atoms with Crippen LogP contribution in [0.15, 0.2) is 65.1 Å². The molecule has 0 aliphatic carbocycles. The number of thiocarbonyl (C=S) groups is 1. The number of hydrogen-bond donors (Lipinski definition) is 2. The van der Waals surface area contributed by atoms with E-state index in [1.807, 2.05) is 49.4 Å². The van der Waals surface area contributed by atoms with Crippen LogP contribution >= 0.6 is 46.8 Å². The first-order valence-corrected chi connectivity index (χ1v) is 12.3. The number of thiophene rings is 1. The Balaban J connectivity index is 1.22. The largest absolute Gasteiger partial charge is 0.440 e. The van der Waals surface area contributed by atoms with Gasteiger partial charge in [0.2, 0.25) is 0 Å². The van der Waals surface area contributed by atoms with Crippen LogP contribution in [0.5, 0.6) is 0 Å². The van der Waals surface area contributed by atoms with Gasteiger partial charge in [0.1, 0.15) is 10.4 Å². The first-order valence-electron chi connectivity index (χ1n) is 10.3. The number of nitrogens with one attached hydrogen (secondary N) is 2. The molecule has 0 aliphatic heterocycles. The maximum Gasteiger partial charge on any atom is 0.269 e. The topological polar surface area (TPSA) is 67.2 Å². The number of fused-ring (bicyclic) bond motifs is 2. The van der Waals surface area contributed by atoms with Crippen LogP contribution in [-0.4, -0.2) is 16.0 Å². The van der Waals surface area contributed by atoms with Crippen molar-refractivity contribution in [2.24, 2.45) is 0 Å². The molecule has 0 unspecified atom stereocenters. The number of halogens is 2.